The molecule has 1 aromatic rings. The number of piperidine rings is 1. The second-order valence-corrected chi connectivity index (χ2v) is 7.84. The molecule has 2 fully saturated rings. The Morgan fingerprint density at radius 3 is 2.58 bits per heavy atom. The van der Waals surface area contributed by atoms with Gasteiger partial charge in [0.1, 0.15) is 0 Å². The number of nitrogens with one attached hydrogen (secondary N) is 2. The van der Waals surface area contributed by atoms with Crippen LogP contribution in [0.5, 0.6) is 0 Å². The van der Waals surface area contributed by atoms with E-state index >= 15 is 0 Å². The van der Waals surface area contributed by atoms with Gasteiger partial charge in [-0.25, -0.2) is 0 Å². The highest BCUT2D eigenvalue weighted by molar-refractivity contribution is 6.34. The molecule has 2 N–H and O–H groups in total. The van der Waals surface area contributed by atoms with Crippen molar-refractivity contribution in [1.29, 1.82) is 0 Å². The predicted octanol–water partition coefficient (Wildman–Crippen LogP) is 3.68. The summed E-state index contributed by atoms with van der Waals surface area (Å²) in [6.07, 6.45) is 7.64. The Bertz CT molecular complexity index is 652. The van der Waals surface area contributed by atoms with E-state index in [1.165, 1.54) is 19.3 Å². The molecule has 1 unspecified atom stereocenters. The zero-order valence-corrected chi connectivity index (χ0v) is 16.1. The molecule has 1 saturated heterocycles. The minimum absolute atomic E-state index is 0.00617. The summed E-state index contributed by atoms with van der Waals surface area (Å²) in [5.41, 5.74) is 1.14. The van der Waals surface area contributed by atoms with Crippen molar-refractivity contribution in [3.63, 3.8) is 0 Å². The molecule has 0 radical (unpaired) electrons. The van der Waals surface area contributed by atoms with E-state index in [1.54, 1.807) is 18.2 Å². The lowest BCUT2D eigenvalue weighted by molar-refractivity contribution is -0.120. The SMILES string of the molecule is CN(C(=O)c1ccc(NC(=O)C2CCCNC2)cc1Cl)C1CCCCC1. The largest absolute Gasteiger partial charge is 0.339 e. The highest BCUT2D eigenvalue weighted by Crippen LogP contribution is 2.27. The Kier molecular flexibility index (Phi) is 6.54. The van der Waals surface area contributed by atoms with Gasteiger partial charge in [-0.2, -0.15) is 0 Å². The molecule has 0 bridgehead atoms. The molecule has 0 spiro atoms. The fraction of sp³-hybridized carbons (Fsp3) is 0.600. The highest BCUT2D eigenvalue weighted by atomic mass is 35.5. The Morgan fingerprint density at radius 2 is 1.92 bits per heavy atom. The number of hydrogen-bond acceptors (Lipinski definition) is 3. The molecule has 26 heavy (non-hydrogen) atoms. The molecular formula is C20H28ClN3O2. The first-order chi connectivity index (χ1) is 12.6. The van der Waals surface area contributed by atoms with Crippen molar-refractivity contribution < 1.29 is 9.59 Å². The molecule has 0 aromatic heterocycles. The highest BCUT2D eigenvalue weighted by Gasteiger charge is 2.25. The van der Waals surface area contributed by atoms with Gasteiger partial charge in [-0.3, -0.25) is 9.59 Å². The predicted molar refractivity (Wildman–Crippen MR) is 105 cm³/mol. The van der Waals surface area contributed by atoms with Crippen LogP contribution in [0.3, 0.4) is 0 Å². The van der Waals surface area contributed by atoms with Gasteiger partial charge in [0.25, 0.3) is 5.91 Å². The number of carbonyl (C=O) groups is 2. The fourth-order valence-corrected chi connectivity index (χ4v) is 4.17. The number of anilines is 1. The third-order valence-electron chi connectivity index (χ3n) is 5.58. The number of carbonyl (C=O) groups excluding carboxylic acids is 2. The minimum Gasteiger partial charge on any atom is -0.339 e. The number of amides is 2. The third-order valence-corrected chi connectivity index (χ3v) is 5.89. The van der Waals surface area contributed by atoms with Crippen LogP contribution in [0.25, 0.3) is 0 Å². The van der Waals surface area contributed by atoms with Gasteiger partial charge < -0.3 is 15.5 Å². The quantitative estimate of drug-likeness (QED) is 0.841. The summed E-state index contributed by atoms with van der Waals surface area (Å²) in [4.78, 5) is 27.0. The number of benzene rings is 1. The number of rotatable bonds is 4. The molecule has 1 saturated carbocycles. The van der Waals surface area contributed by atoms with E-state index in [9.17, 15) is 9.59 Å². The van der Waals surface area contributed by atoms with Crippen molar-refractivity contribution >= 4 is 29.1 Å². The summed E-state index contributed by atoms with van der Waals surface area (Å²) in [6, 6.07) is 5.46. The van der Waals surface area contributed by atoms with Crippen LogP contribution in [0.1, 0.15) is 55.3 Å². The van der Waals surface area contributed by atoms with E-state index in [4.69, 9.17) is 11.6 Å². The number of hydrogen-bond donors (Lipinski definition) is 2. The fourth-order valence-electron chi connectivity index (χ4n) is 3.91. The zero-order valence-electron chi connectivity index (χ0n) is 15.4. The van der Waals surface area contributed by atoms with Crippen molar-refractivity contribution in [2.45, 2.75) is 51.0 Å². The van der Waals surface area contributed by atoms with Gasteiger partial charge in [0.2, 0.25) is 5.91 Å². The molecule has 1 atom stereocenters. The van der Waals surface area contributed by atoms with Crippen LogP contribution in [0.15, 0.2) is 18.2 Å². The first kappa shape index (κ1) is 19.2. The van der Waals surface area contributed by atoms with E-state index in [-0.39, 0.29) is 17.7 Å². The van der Waals surface area contributed by atoms with Crippen molar-refractivity contribution in [2.24, 2.45) is 5.92 Å². The average molecular weight is 378 g/mol. The maximum absolute atomic E-state index is 12.8. The van der Waals surface area contributed by atoms with Crippen molar-refractivity contribution in [3.05, 3.63) is 28.8 Å². The van der Waals surface area contributed by atoms with Crippen LogP contribution < -0.4 is 10.6 Å². The molecule has 1 aliphatic carbocycles. The number of halogens is 1. The summed E-state index contributed by atoms with van der Waals surface area (Å²) < 4.78 is 0. The second-order valence-electron chi connectivity index (χ2n) is 7.44. The molecule has 1 heterocycles. The zero-order chi connectivity index (χ0) is 18.5. The van der Waals surface area contributed by atoms with Gasteiger partial charge in [0.05, 0.1) is 16.5 Å². The normalized spacial score (nSPS) is 21.2. The van der Waals surface area contributed by atoms with E-state index in [1.807, 2.05) is 11.9 Å². The van der Waals surface area contributed by atoms with Crippen molar-refractivity contribution in [1.82, 2.24) is 10.2 Å². The maximum Gasteiger partial charge on any atom is 0.255 e. The van der Waals surface area contributed by atoms with E-state index in [0.29, 0.717) is 28.9 Å². The molecule has 3 rings (SSSR count). The molecule has 1 aromatic carbocycles. The maximum atomic E-state index is 12.8. The van der Waals surface area contributed by atoms with Crippen molar-refractivity contribution in [2.75, 3.05) is 25.5 Å². The first-order valence-corrected chi connectivity index (χ1v) is 10.0. The van der Waals surface area contributed by atoms with Crippen LogP contribution >= 0.6 is 11.6 Å². The third kappa shape index (κ3) is 4.57. The van der Waals surface area contributed by atoms with Crippen LogP contribution in [0.2, 0.25) is 5.02 Å². The molecule has 2 aliphatic rings. The lowest BCUT2D eigenvalue weighted by Gasteiger charge is -2.31. The van der Waals surface area contributed by atoms with Gasteiger partial charge in [-0.15, -0.1) is 0 Å². The monoisotopic (exact) mass is 377 g/mol. The topological polar surface area (TPSA) is 61.4 Å². The van der Waals surface area contributed by atoms with Gasteiger partial charge in [-0.05, 0) is 50.4 Å². The summed E-state index contributed by atoms with van der Waals surface area (Å²) >= 11 is 6.37. The summed E-state index contributed by atoms with van der Waals surface area (Å²) in [5, 5.41) is 6.55. The smallest absolute Gasteiger partial charge is 0.255 e. The van der Waals surface area contributed by atoms with Gasteiger partial charge in [-0.1, -0.05) is 30.9 Å². The number of nitrogens with zero attached hydrogens (tertiary/aromatic N) is 1. The summed E-state index contributed by atoms with van der Waals surface area (Å²) in [5.74, 6) is -0.0517. The van der Waals surface area contributed by atoms with Crippen LogP contribution in [-0.2, 0) is 4.79 Å². The van der Waals surface area contributed by atoms with E-state index in [2.05, 4.69) is 10.6 Å². The molecule has 6 heteroatoms. The van der Waals surface area contributed by atoms with Gasteiger partial charge >= 0.3 is 0 Å². The molecule has 1 aliphatic heterocycles. The van der Waals surface area contributed by atoms with Gasteiger partial charge in [0.15, 0.2) is 0 Å². The average Bonchev–Trinajstić information content (AvgIpc) is 2.68. The van der Waals surface area contributed by atoms with Crippen LogP contribution in [0, 0.1) is 5.92 Å². The standard InChI is InChI=1S/C20H28ClN3O2/c1-24(16-7-3-2-4-8-16)20(26)17-10-9-15(12-18(17)21)23-19(25)14-6-5-11-22-13-14/h9-10,12,14,16,22H,2-8,11,13H2,1H3,(H,23,25). The Labute approximate surface area is 160 Å². The Morgan fingerprint density at radius 1 is 1.15 bits per heavy atom. The molecule has 5 nitrogen and oxygen atoms in total. The Balaban J connectivity index is 1.64. The van der Waals surface area contributed by atoms with Crippen LogP contribution in [0.4, 0.5) is 5.69 Å². The first-order valence-electron chi connectivity index (χ1n) is 9.64. The lowest BCUT2D eigenvalue weighted by atomic mass is 9.94. The van der Waals surface area contributed by atoms with E-state index in [0.717, 1.165) is 32.2 Å². The van der Waals surface area contributed by atoms with Crippen molar-refractivity contribution in [3.8, 4) is 0 Å². The molecule has 2 amide bonds. The second kappa shape index (κ2) is 8.87. The minimum atomic E-state index is -0.0451. The lowest BCUT2D eigenvalue weighted by Crippen LogP contribution is -2.38. The molecule has 142 valence electrons. The summed E-state index contributed by atoms with van der Waals surface area (Å²) in [7, 11) is 1.86. The van der Waals surface area contributed by atoms with Crippen LogP contribution in [-0.4, -0.2) is 42.9 Å². The molecular weight excluding hydrogens is 350 g/mol. The Hall–Kier alpha value is -1.59. The van der Waals surface area contributed by atoms with Gasteiger partial charge in [0, 0.05) is 25.3 Å². The van der Waals surface area contributed by atoms with E-state index < -0.39 is 0 Å². The summed E-state index contributed by atoms with van der Waals surface area (Å²) in [6.45, 7) is 1.68.